The third-order valence-electron chi connectivity index (χ3n) is 3.41. The van der Waals surface area contributed by atoms with Crippen molar-refractivity contribution < 1.29 is 18.5 Å². The Morgan fingerprint density at radius 1 is 1.26 bits per heavy atom. The van der Waals surface area contributed by atoms with Crippen molar-refractivity contribution in [2.75, 3.05) is 12.9 Å². The van der Waals surface area contributed by atoms with E-state index < -0.39 is 33.0 Å². The molecule has 148 valence electrons. The first-order valence-electron chi connectivity index (χ1n) is 7.76. The molecular formula is C18H21Cl2FN2O3S. The number of benzene rings is 1. The van der Waals surface area contributed by atoms with Gasteiger partial charge in [0.2, 0.25) is 0 Å². The molecule has 2 atom stereocenters. The van der Waals surface area contributed by atoms with E-state index in [0.717, 1.165) is 11.1 Å². The maximum Gasteiger partial charge on any atom is 0.250 e. The Hall–Kier alpha value is -1.67. The zero-order valence-electron chi connectivity index (χ0n) is 14.6. The predicted octanol–water partition coefficient (Wildman–Crippen LogP) is 3.12. The number of rotatable bonds is 6. The van der Waals surface area contributed by atoms with Gasteiger partial charge in [0.25, 0.3) is 5.91 Å². The highest BCUT2D eigenvalue weighted by atomic mass is 35.5. The van der Waals surface area contributed by atoms with Crippen molar-refractivity contribution in [3.8, 4) is 11.1 Å². The van der Waals surface area contributed by atoms with Gasteiger partial charge in [-0.2, -0.15) is 0 Å². The molecule has 0 radical (unpaired) electrons. The van der Waals surface area contributed by atoms with Crippen LogP contribution in [0.25, 0.3) is 11.1 Å². The molecule has 1 unspecified atom stereocenters. The van der Waals surface area contributed by atoms with Crippen LogP contribution in [-0.4, -0.2) is 43.8 Å². The number of nitrogens with two attached hydrogens (primary N) is 1. The smallest absolute Gasteiger partial charge is 0.250 e. The average molecular weight is 435 g/mol. The lowest BCUT2D eigenvalue weighted by Gasteiger charge is -2.10. The normalized spacial score (nSPS) is 14.0. The highest BCUT2D eigenvalue weighted by Crippen LogP contribution is 2.23. The number of aliphatic hydroxyl groups excluding tert-OH is 1. The van der Waals surface area contributed by atoms with Gasteiger partial charge >= 0.3 is 0 Å². The van der Waals surface area contributed by atoms with Gasteiger partial charge in [-0.1, -0.05) is 53.5 Å². The molecule has 0 aliphatic carbocycles. The Labute approximate surface area is 168 Å². The molecule has 0 fully saturated rings. The highest BCUT2D eigenvalue weighted by molar-refractivity contribution is 7.99. The summed E-state index contributed by atoms with van der Waals surface area (Å²) in [6.45, 7) is -0.546. The van der Waals surface area contributed by atoms with E-state index in [9.17, 15) is 18.5 Å². The molecule has 0 saturated heterocycles. The molecule has 0 saturated carbocycles. The van der Waals surface area contributed by atoms with E-state index in [1.165, 1.54) is 0 Å². The minimum absolute atomic E-state index is 0.101. The molecular weight excluding hydrogens is 414 g/mol. The lowest BCUT2D eigenvalue weighted by molar-refractivity contribution is -0.116. The number of halogens is 3. The molecule has 0 aliphatic rings. The first-order valence-corrected chi connectivity index (χ1v) is 10.8. The zero-order valence-corrected chi connectivity index (χ0v) is 17.0. The van der Waals surface area contributed by atoms with Gasteiger partial charge in [0.15, 0.2) is 4.84 Å². The summed E-state index contributed by atoms with van der Waals surface area (Å²) >= 11 is 9.81. The first kappa shape index (κ1) is 23.4. The lowest BCUT2D eigenvalue weighted by Crippen LogP contribution is -2.17. The minimum atomic E-state index is -2.31. The fourth-order valence-corrected chi connectivity index (χ4v) is 2.61. The topological polar surface area (TPSA) is 93.3 Å². The second kappa shape index (κ2) is 10.6. The summed E-state index contributed by atoms with van der Waals surface area (Å²) in [4.78, 5) is 12.8. The maximum absolute atomic E-state index is 12.2. The molecule has 5 nitrogen and oxygen atoms in total. The lowest BCUT2D eigenvalue weighted by atomic mass is 10.0. The molecule has 2 rings (SSSR count). The molecule has 1 amide bonds. The Kier molecular flexibility index (Phi) is 9.18. The number of pyridine rings is 1. The van der Waals surface area contributed by atoms with Crippen LogP contribution in [-0.2, 0) is 14.3 Å². The fraction of sp³-hybridized carbons (Fsp3) is 0.278. The van der Waals surface area contributed by atoms with Crippen molar-refractivity contribution in [1.82, 2.24) is 4.98 Å². The van der Waals surface area contributed by atoms with Crippen molar-refractivity contribution in [2.45, 2.75) is 22.4 Å². The van der Waals surface area contributed by atoms with Gasteiger partial charge in [0, 0.05) is 34.0 Å². The number of aliphatic hydroxyl groups is 1. The van der Waals surface area contributed by atoms with Gasteiger partial charge in [0.05, 0.1) is 12.8 Å². The molecule has 3 N–H and O–H groups in total. The van der Waals surface area contributed by atoms with Crippen LogP contribution < -0.4 is 5.73 Å². The van der Waals surface area contributed by atoms with Crippen molar-refractivity contribution in [1.29, 1.82) is 0 Å². The first-order chi connectivity index (χ1) is 12.6. The number of primary amides is 1. The number of carbonyl (C=O) groups is 1. The van der Waals surface area contributed by atoms with Gasteiger partial charge in [-0.25, -0.2) is 4.98 Å². The number of hydrogen-bond donors (Lipinski definition) is 2. The zero-order chi connectivity index (χ0) is 20.6. The van der Waals surface area contributed by atoms with Gasteiger partial charge in [-0.05, 0) is 23.1 Å². The van der Waals surface area contributed by atoms with Gasteiger partial charge < -0.3 is 10.8 Å². The van der Waals surface area contributed by atoms with Crippen molar-refractivity contribution in [3.63, 3.8) is 0 Å². The molecule has 1 aromatic heterocycles. The SMILES string of the molecule is C=S(C)(=O)c1ccc(-c2ccc([C@@H](O)CCF)cc2)cn1.NC(=O)C(Cl)Cl. The van der Waals surface area contributed by atoms with Crippen molar-refractivity contribution >= 4 is 44.5 Å². The fourth-order valence-electron chi connectivity index (χ4n) is 1.97. The number of carbonyl (C=O) groups excluding carboxylic acids is 1. The monoisotopic (exact) mass is 434 g/mol. The summed E-state index contributed by atoms with van der Waals surface area (Å²) < 4.78 is 24.0. The van der Waals surface area contributed by atoms with Crippen LogP contribution in [0, 0.1) is 0 Å². The van der Waals surface area contributed by atoms with Crippen LogP contribution in [0.3, 0.4) is 0 Å². The molecule has 9 heteroatoms. The Morgan fingerprint density at radius 3 is 2.15 bits per heavy atom. The molecule has 27 heavy (non-hydrogen) atoms. The number of aromatic nitrogens is 1. The van der Waals surface area contributed by atoms with Gasteiger partial charge in [-0.15, -0.1) is 0 Å². The summed E-state index contributed by atoms with van der Waals surface area (Å²) in [5.41, 5.74) is 7.03. The van der Waals surface area contributed by atoms with E-state index in [2.05, 4.69) is 16.6 Å². The third kappa shape index (κ3) is 7.84. The quantitative estimate of drug-likeness (QED) is 0.539. The molecule has 0 aliphatic heterocycles. The van der Waals surface area contributed by atoms with Crippen LogP contribution in [0.15, 0.2) is 47.6 Å². The third-order valence-corrected chi connectivity index (χ3v) is 4.96. The van der Waals surface area contributed by atoms with E-state index in [4.69, 9.17) is 23.2 Å². The Morgan fingerprint density at radius 2 is 1.78 bits per heavy atom. The molecule has 0 spiro atoms. The van der Waals surface area contributed by atoms with Crippen LogP contribution in [0.5, 0.6) is 0 Å². The number of alkyl halides is 3. The largest absolute Gasteiger partial charge is 0.388 e. The van der Waals surface area contributed by atoms with Crippen molar-refractivity contribution in [3.05, 3.63) is 48.2 Å². The predicted molar refractivity (Wildman–Crippen MR) is 109 cm³/mol. The minimum Gasteiger partial charge on any atom is -0.388 e. The maximum atomic E-state index is 12.2. The number of nitrogens with zero attached hydrogens (tertiary/aromatic N) is 1. The average Bonchev–Trinajstić information content (AvgIpc) is 2.62. The van der Waals surface area contributed by atoms with E-state index in [-0.39, 0.29) is 6.42 Å². The second-order valence-corrected chi connectivity index (χ2v) is 9.23. The second-order valence-electron chi connectivity index (χ2n) is 5.71. The molecule has 2 aromatic rings. The van der Waals surface area contributed by atoms with Gasteiger partial charge in [-0.3, -0.25) is 13.4 Å². The highest BCUT2D eigenvalue weighted by Gasteiger charge is 2.08. The number of hydrogen-bond acceptors (Lipinski definition) is 4. The summed E-state index contributed by atoms with van der Waals surface area (Å²) in [6, 6.07) is 10.8. The van der Waals surface area contributed by atoms with Gasteiger partial charge in [0.1, 0.15) is 5.03 Å². The van der Waals surface area contributed by atoms with Crippen LogP contribution >= 0.6 is 23.2 Å². The molecule has 1 heterocycles. The van der Waals surface area contributed by atoms with Crippen LogP contribution in [0.4, 0.5) is 4.39 Å². The number of amides is 1. The van der Waals surface area contributed by atoms with E-state index in [0.29, 0.717) is 10.6 Å². The van der Waals surface area contributed by atoms with E-state index >= 15 is 0 Å². The van der Waals surface area contributed by atoms with E-state index in [1.54, 1.807) is 30.7 Å². The Balaban J connectivity index is 0.000000527. The van der Waals surface area contributed by atoms with Crippen LogP contribution in [0.2, 0.25) is 0 Å². The van der Waals surface area contributed by atoms with Crippen molar-refractivity contribution in [2.24, 2.45) is 5.73 Å². The van der Waals surface area contributed by atoms with E-state index in [1.807, 2.05) is 18.2 Å². The Bertz CT molecular complexity index is 842. The van der Waals surface area contributed by atoms with Crippen LogP contribution in [0.1, 0.15) is 18.1 Å². The summed E-state index contributed by atoms with van der Waals surface area (Å²) in [7, 11) is -2.31. The summed E-state index contributed by atoms with van der Waals surface area (Å²) in [5, 5.41) is 10.2. The molecule has 1 aromatic carbocycles. The molecule has 0 bridgehead atoms. The standard InChI is InChI=1S/C16H18FNO2S.C2H3Cl2NO/c1-21(2,20)16-8-7-14(11-18-16)12-3-5-13(6-4-12)15(19)9-10-17;3-1(4)2(5)6/h3-8,11,15,19H,1,9-10H2,2H3;1H,(H2,5,6)/t15-,21?;/m0./s1. The summed E-state index contributed by atoms with van der Waals surface area (Å²) in [6.07, 6.45) is 2.52. The summed E-state index contributed by atoms with van der Waals surface area (Å²) in [5.74, 6) is 2.89.